The van der Waals surface area contributed by atoms with Gasteiger partial charge in [0.15, 0.2) is 0 Å². The molecule has 1 amide bonds. The molecule has 106 valence electrons. The van der Waals surface area contributed by atoms with E-state index in [1.165, 1.54) is 5.56 Å². The van der Waals surface area contributed by atoms with Gasteiger partial charge < -0.3 is 10.6 Å². The molecule has 0 heterocycles. The molecular formula is C15H23BrN2O. The molecule has 0 spiro atoms. The van der Waals surface area contributed by atoms with Gasteiger partial charge in [0.25, 0.3) is 0 Å². The molecule has 0 bridgehead atoms. The van der Waals surface area contributed by atoms with E-state index in [0.717, 1.165) is 17.6 Å². The van der Waals surface area contributed by atoms with Gasteiger partial charge in [-0.05, 0) is 43.1 Å². The number of nitrogens with one attached hydrogen (secondary N) is 2. The van der Waals surface area contributed by atoms with E-state index in [0.29, 0.717) is 12.3 Å². The second-order valence-corrected chi connectivity index (χ2v) is 6.04. The van der Waals surface area contributed by atoms with Crippen LogP contribution in [0.3, 0.4) is 0 Å². The quantitative estimate of drug-likeness (QED) is 0.808. The van der Waals surface area contributed by atoms with Crippen molar-refractivity contribution in [3.05, 3.63) is 34.3 Å². The second-order valence-electron chi connectivity index (χ2n) is 5.12. The molecule has 0 fully saturated rings. The van der Waals surface area contributed by atoms with Crippen molar-refractivity contribution in [3.63, 3.8) is 0 Å². The lowest BCUT2D eigenvalue weighted by Gasteiger charge is -2.15. The zero-order valence-corrected chi connectivity index (χ0v) is 13.5. The third-order valence-electron chi connectivity index (χ3n) is 3.13. The molecule has 2 N–H and O–H groups in total. The Morgan fingerprint density at radius 3 is 2.42 bits per heavy atom. The van der Waals surface area contributed by atoms with Gasteiger partial charge in [-0.2, -0.15) is 0 Å². The number of carbonyl (C=O) groups is 1. The molecule has 0 aromatic heterocycles. The van der Waals surface area contributed by atoms with Gasteiger partial charge in [-0.1, -0.05) is 41.9 Å². The predicted molar refractivity (Wildman–Crippen MR) is 83.3 cm³/mol. The smallest absolute Gasteiger partial charge is 0.220 e. The number of hydrogen-bond acceptors (Lipinski definition) is 2. The molecule has 0 saturated heterocycles. The Kier molecular flexibility index (Phi) is 7.10. The van der Waals surface area contributed by atoms with Crippen LogP contribution in [0.15, 0.2) is 28.7 Å². The van der Waals surface area contributed by atoms with Crippen LogP contribution in [0, 0.1) is 5.92 Å². The largest absolute Gasteiger partial charge is 0.356 e. The van der Waals surface area contributed by atoms with Crippen LogP contribution in [-0.4, -0.2) is 26.0 Å². The molecule has 0 aliphatic carbocycles. The van der Waals surface area contributed by atoms with Gasteiger partial charge in [-0.3, -0.25) is 4.79 Å². The standard InChI is InChI=1S/C15H23BrN2O/c1-11(9-17-3)10-18-15(19)8-12(2)13-4-6-14(16)7-5-13/h4-7,11-12,17H,8-10H2,1-3H3,(H,18,19). The number of rotatable bonds is 7. The van der Waals surface area contributed by atoms with Crippen molar-refractivity contribution in [2.75, 3.05) is 20.1 Å². The molecular weight excluding hydrogens is 304 g/mol. The molecule has 0 saturated carbocycles. The molecule has 1 rings (SSSR count). The lowest BCUT2D eigenvalue weighted by Crippen LogP contribution is -2.32. The normalized spacial score (nSPS) is 13.9. The summed E-state index contributed by atoms with van der Waals surface area (Å²) in [4.78, 5) is 11.9. The van der Waals surface area contributed by atoms with Crippen LogP contribution in [0.25, 0.3) is 0 Å². The third kappa shape index (κ3) is 6.21. The first-order valence-corrected chi connectivity index (χ1v) is 7.49. The van der Waals surface area contributed by atoms with E-state index in [9.17, 15) is 4.79 Å². The fourth-order valence-electron chi connectivity index (χ4n) is 1.97. The SMILES string of the molecule is CNCC(C)CNC(=O)CC(C)c1ccc(Br)cc1. The Morgan fingerprint density at radius 2 is 1.84 bits per heavy atom. The zero-order chi connectivity index (χ0) is 14.3. The minimum absolute atomic E-state index is 0.123. The lowest BCUT2D eigenvalue weighted by molar-refractivity contribution is -0.121. The number of halogens is 1. The van der Waals surface area contributed by atoms with E-state index >= 15 is 0 Å². The van der Waals surface area contributed by atoms with Gasteiger partial charge in [-0.25, -0.2) is 0 Å². The first kappa shape index (κ1) is 16.2. The summed E-state index contributed by atoms with van der Waals surface area (Å²) in [5, 5.41) is 6.10. The summed E-state index contributed by atoms with van der Waals surface area (Å²) >= 11 is 3.42. The molecule has 0 aliphatic rings. The summed E-state index contributed by atoms with van der Waals surface area (Å²) in [5.41, 5.74) is 1.20. The van der Waals surface area contributed by atoms with Crippen LogP contribution < -0.4 is 10.6 Å². The molecule has 2 atom stereocenters. The van der Waals surface area contributed by atoms with Crippen LogP contribution in [0.5, 0.6) is 0 Å². The third-order valence-corrected chi connectivity index (χ3v) is 3.66. The van der Waals surface area contributed by atoms with Gasteiger partial charge in [0, 0.05) is 17.4 Å². The Labute approximate surface area is 124 Å². The maximum Gasteiger partial charge on any atom is 0.220 e. The molecule has 3 nitrogen and oxygen atoms in total. The van der Waals surface area contributed by atoms with E-state index < -0.39 is 0 Å². The molecule has 0 radical (unpaired) electrons. The van der Waals surface area contributed by atoms with E-state index in [1.807, 2.05) is 19.2 Å². The molecule has 1 aromatic carbocycles. The van der Waals surface area contributed by atoms with E-state index in [-0.39, 0.29) is 11.8 Å². The molecule has 4 heteroatoms. The van der Waals surface area contributed by atoms with Gasteiger partial charge in [0.2, 0.25) is 5.91 Å². The van der Waals surface area contributed by atoms with Crippen molar-refractivity contribution < 1.29 is 4.79 Å². The van der Waals surface area contributed by atoms with Crippen molar-refractivity contribution in [1.82, 2.24) is 10.6 Å². The number of benzene rings is 1. The number of amides is 1. The van der Waals surface area contributed by atoms with Crippen molar-refractivity contribution in [2.45, 2.75) is 26.2 Å². The van der Waals surface area contributed by atoms with E-state index in [1.54, 1.807) is 0 Å². The number of hydrogen-bond donors (Lipinski definition) is 2. The highest BCUT2D eigenvalue weighted by molar-refractivity contribution is 9.10. The molecule has 1 aromatic rings. The summed E-state index contributed by atoms with van der Waals surface area (Å²) in [6.07, 6.45) is 0.536. The van der Waals surface area contributed by atoms with Crippen molar-refractivity contribution in [1.29, 1.82) is 0 Å². The Morgan fingerprint density at radius 1 is 1.21 bits per heavy atom. The Hall–Kier alpha value is -0.870. The maximum absolute atomic E-state index is 11.9. The topological polar surface area (TPSA) is 41.1 Å². The first-order chi connectivity index (χ1) is 9.02. The summed E-state index contributed by atoms with van der Waals surface area (Å²) in [6.45, 7) is 5.85. The summed E-state index contributed by atoms with van der Waals surface area (Å²) in [5.74, 6) is 0.822. The van der Waals surface area contributed by atoms with Crippen molar-refractivity contribution in [2.24, 2.45) is 5.92 Å². The van der Waals surface area contributed by atoms with Crippen molar-refractivity contribution >= 4 is 21.8 Å². The van der Waals surface area contributed by atoms with Gasteiger partial charge in [0.05, 0.1) is 0 Å². The van der Waals surface area contributed by atoms with Crippen LogP contribution in [0.2, 0.25) is 0 Å². The summed E-state index contributed by atoms with van der Waals surface area (Å²) in [7, 11) is 1.92. The summed E-state index contributed by atoms with van der Waals surface area (Å²) < 4.78 is 1.06. The molecule has 2 unspecified atom stereocenters. The highest BCUT2D eigenvalue weighted by Crippen LogP contribution is 2.21. The first-order valence-electron chi connectivity index (χ1n) is 6.69. The van der Waals surface area contributed by atoms with Gasteiger partial charge in [-0.15, -0.1) is 0 Å². The highest BCUT2D eigenvalue weighted by atomic mass is 79.9. The maximum atomic E-state index is 11.9. The predicted octanol–water partition coefficient (Wildman–Crippen LogP) is 2.91. The monoisotopic (exact) mass is 326 g/mol. The zero-order valence-electron chi connectivity index (χ0n) is 11.9. The van der Waals surface area contributed by atoms with Gasteiger partial charge >= 0.3 is 0 Å². The second kappa shape index (κ2) is 8.33. The van der Waals surface area contributed by atoms with Crippen LogP contribution >= 0.6 is 15.9 Å². The molecule has 19 heavy (non-hydrogen) atoms. The minimum Gasteiger partial charge on any atom is -0.356 e. The highest BCUT2D eigenvalue weighted by Gasteiger charge is 2.11. The lowest BCUT2D eigenvalue weighted by atomic mass is 9.97. The Balaban J connectivity index is 2.37. The fourth-order valence-corrected chi connectivity index (χ4v) is 2.23. The average Bonchev–Trinajstić information content (AvgIpc) is 2.37. The van der Waals surface area contributed by atoms with Crippen LogP contribution in [-0.2, 0) is 4.79 Å². The fraction of sp³-hybridized carbons (Fsp3) is 0.533. The Bertz CT molecular complexity index is 392. The van der Waals surface area contributed by atoms with Crippen molar-refractivity contribution in [3.8, 4) is 0 Å². The van der Waals surface area contributed by atoms with E-state index in [2.05, 4.69) is 52.5 Å². The minimum atomic E-state index is 0.123. The number of carbonyl (C=O) groups excluding carboxylic acids is 1. The van der Waals surface area contributed by atoms with Crippen LogP contribution in [0.4, 0.5) is 0 Å². The summed E-state index contributed by atoms with van der Waals surface area (Å²) in [6, 6.07) is 8.15. The van der Waals surface area contributed by atoms with Crippen LogP contribution in [0.1, 0.15) is 31.7 Å². The average molecular weight is 327 g/mol. The molecule has 0 aliphatic heterocycles. The van der Waals surface area contributed by atoms with E-state index in [4.69, 9.17) is 0 Å². The van der Waals surface area contributed by atoms with Gasteiger partial charge in [0.1, 0.15) is 0 Å².